The standard InChI is InChI=1S/C14H23N3O3/c1-6-17-9-11(8-15-17)12(18)7-10(2)16-13(19)20-14(3,4)5/h8-10H,6-7H2,1-5H3,(H,16,19). The third kappa shape index (κ3) is 5.42. The molecule has 1 aromatic rings. The molecule has 0 bridgehead atoms. The van der Waals surface area contributed by atoms with E-state index in [-0.39, 0.29) is 18.2 Å². The molecule has 1 N–H and O–H groups in total. The molecule has 112 valence electrons. The number of hydrogen-bond donors (Lipinski definition) is 1. The number of carbonyl (C=O) groups is 2. The fourth-order valence-electron chi connectivity index (χ4n) is 1.64. The first-order valence-electron chi connectivity index (χ1n) is 6.76. The predicted molar refractivity (Wildman–Crippen MR) is 75.7 cm³/mol. The van der Waals surface area contributed by atoms with Crippen molar-refractivity contribution in [3.05, 3.63) is 18.0 Å². The Morgan fingerprint density at radius 2 is 2.10 bits per heavy atom. The van der Waals surface area contributed by atoms with Gasteiger partial charge in [-0.3, -0.25) is 9.48 Å². The summed E-state index contributed by atoms with van der Waals surface area (Å²) in [5.74, 6) is -0.0479. The van der Waals surface area contributed by atoms with E-state index in [0.717, 1.165) is 6.54 Å². The van der Waals surface area contributed by atoms with Crippen LogP contribution in [0.1, 0.15) is 51.4 Å². The third-order valence-corrected chi connectivity index (χ3v) is 2.53. The van der Waals surface area contributed by atoms with Gasteiger partial charge in [0.25, 0.3) is 0 Å². The number of alkyl carbamates (subject to hydrolysis) is 1. The number of Topliss-reactive ketones (excluding diaryl/α,β-unsaturated/α-hetero) is 1. The second-order valence-corrected chi connectivity index (χ2v) is 5.76. The summed E-state index contributed by atoms with van der Waals surface area (Å²) in [4.78, 5) is 23.6. The number of nitrogens with one attached hydrogen (secondary N) is 1. The smallest absolute Gasteiger partial charge is 0.407 e. The highest BCUT2D eigenvalue weighted by atomic mass is 16.6. The maximum Gasteiger partial charge on any atom is 0.407 e. The Balaban J connectivity index is 2.47. The maximum atomic E-state index is 12.0. The lowest BCUT2D eigenvalue weighted by atomic mass is 10.1. The van der Waals surface area contributed by atoms with Gasteiger partial charge < -0.3 is 10.1 Å². The van der Waals surface area contributed by atoms with Crippen molar-refractivity contribution in [3.63, 3.8) is 0 Å². The minimum Gasteiger partial charge on any atom is -0.444 e. The molecule has 6 nitrogen and oxygen atoms in total. The molecule has 1 unspecified atom stereocenters. The number of ether oxygens (including phenoxy) is 1. The van der Waals surface area contributed by atoms with E-state index in [1.807, 2.05) is 6.92 Å². The molecule has 0 aromatic carbocycles. The van der Waals surface area contributed by atoms with Crippen LogP contribution in [0.2, 0.25) is 0 Å². The Hall–Kier alpha value is -1.85. The van der Waals surface area contributed by atoms with E-state index in [2.05, 4.69) is 10.4 Å². The van der Waals surface area contributed by atoms with Crippen molar-refractivity contribution in [2.24, 2.45) is 0 Å². The molecule has 0 radical (unpaired) electrons. The fraction of sp³-hybridized carbons (Fsp3) is 0.643. The Morgan fingerprint density at radius 3 is 2.60 bits per heavy atom. The van der Waals surface area contributed by atoms with Crippen LogP contribution in [0.15, 0.2) is 12.4 Å². The molecule has 0 spiro atoms. The van der Waals surface area contributed by atoms with Crippen LogP contribution in [-0.4, -0.2) is 33.3 Å². The zero-order valence-electron chi connectivity index (χ0n) is 12.8. The van der Waals surface area contributed by atoms with E-state index in [9.17, 15) is 9.59 Å². The van der Waals surface area contributed by atoms with Crippen molar-refractivity contribution >= 4 is 11.9 Å². The lowest BCUT2D eigenvalue weighted by molar-refractivity contribution is 0.0506. The molecule has 0 saturated heterocycles. The molecule has 0 saturated carbocycles. The van der Waals surface area contributed by atoms with E-state index >= 15 is 0 Å². The van der Waals surface area contributed by atoms with Gasteiger partial charge in [0, 0.05) is 25.2 Å². The van der Waals surface area contributed by atoms with Crippen LogP contribution in [-0.2, 0) is 11.3 Å². The van der Waals surface area contributed by atoms with E-state index in [4.69, 9.17) is 4.74 Å². The van der Waals surface area contributed by atoms with Gasteiger partial charge in [-0.2, -0.15) is 5.10 Å². The van der Waals surface area contributed by atoms with Crippen LogP contribution < -0.4 is 5.32 Å². The number of hydrogen-bond acceptors (Lipinski definition) is 4. The minimum atomic E-state index is -0.546. The molecule has 1 heterocycles. The monoisotopic (exact) mass is 281 g/mol. The number of ketones is 1. The number of nitrogens with zero attached hydrogens (tertiary/aromatic N) is 2. The number of aryl methyl sites for hydroxylation is 1. The van der Waals surface area contributed by atoms with Crippen molar-refractivity contribution in [2.45, 2.75) is 59.2 Å². The van der Waals surface area contributed by atoms with Crippen molar-refractivity contribution < 1.29 is 14.3 Å². The summed E-state index contributed by atoms with van der Waals surface area (Å²) in [5.41, 5.74) is 0.0143. The Kier molecular flexibility index (Phi) is 5.30. The van der Waals surface area contributed by atoms with Gasteiger partial charge >= 0.3 is 6.09 Å². The Morgan fingerprint density at radius 1 is 1.45 bits per heavy atom. The molecule has 1 amide bonds. The lowest BCUT2D eigenvalue weighted by Gasteiger charge is -2.21. The van der Waals surface area contributed by atoms with Gasteiger partial charge in [-0.15, -0.1) is 0 Å². The van der Waals surface area contributed by atoms with Gasteiger partial charge in [0.1, 0.15) is 5.60 Å². The van der Waals surface area contributed by atoms with Gasteiger partial charge in [0.15, 0.2) is 5.78 Å². The zero-order chi connectivity index (χ0) is 15.3. The highest BCUT2D eigenvalue weighted by Crippen LogP contribution is 2.08. The fourth-order valence-corrected chi connectivity index (χ4v) is 1.64. The first kappa shape index (κ1) is 16.2. The van der Waals surface area contributed by atoms with Gasteiger partial charge in [-0.25, -0.2) is 4.79 Å². The molecule has 20 heavy (non-hydrogen) atoms. The average Bonchev–Trinajstić information content (AvgIpc) is 2.73. The molecular formula is C14H23N3O3. The lowest BCUT2D eigenvalue weighted by Crippen LogP contribution is -2.38. The first-order valence-corrected chi connectivity index (χ1v) is 6.76. The van der Waals surface area contributed by atoms with Crippen molar-refractivity contribution in [2.75, 3.05) is 0 Å². The molecule has 0 aliphatic rings. The summed E-state index contributed by atoms with van der Waals surface area (Å²) in [6.45, 7) is 9.82. The second kappa shape index (κ2) is 6.54. The second-order valence-electron chi connectivity index (χ2n) is 5.76. The summed E-state index contributed by atoms with van der Waals surface area (Å²) in [6.07, 6.45) is 2.96. The number of aromatic nitrogens is 2. The summed E-state index contributed by atoms with van der Waals surface area (Å²) >= 11 is 0. The van der Waals surface area contributed by atoms with Crippen molar-refractivity contribution in [1.29, 1.82) is 0 Å². The van der Waals surface area contributed by atoms with Crippen LogP contribution in [0, 0.1) is 0 Å². The molecule has 6 heteroatoms. The summed E-state index contributed by atoms with van der Waals surface area (Å²) in [5, 5.41) is 6.70. The van der Waals surface area contributed by atoms with E-state index in [1.165, 1.54) is 0 Å². The van der Waals surface area contributed by atoms with Gasteiger partial charge in [-0.05, 0) is 34.6 Å². The van der Waals surface area contributed by atoms with Gasteiger partial charge in [0.2, 0.25) is 0 Å². The SMILES string of the molecule is CCn1cc(C(=O)CC(C)NC(=O)OC(C)(C)C)cn1. The van der Waals surface area contributed by atoms with Crippen LogP contribution in [0.25, 0.3) is 0 Å². The van der Waals surface area contributed by atoms with Crippen LogP contribution >= 0.6 is 0 Å². The summed E-state index contributed by atoms with van der Waals surface area (Å²) < 4.78 is 6.83. The van der Waals surface area contributed by atoms with Crippen molar-refractivity contribution in [1.82, 2.24) is 15.1 Å². The van der Waals surface area contributed by atoms with Crippen LogP contribution in [0.4, 0.5) is 4.79 Å². The number of rotatable bonds is 5. The molecule has 1 rings (SSSR count). The minimum absolute atomic E-state index is 0.0479. The predicted octanol–water partition coefficient (Wildman–Crippen LogP) is 2.39. The highest BCUT2D eigenvalue weighted by Gasteiger charge is 2.19. The Bertz CT molecular complexity index is 474. The van der Waals surface area contributed by atoms with Crippen LogP contribution in [0.5, 0.6) is 0 Å². The normalized spacial score (nSPS) is 12.8. The molecular weight excluding hydrogens is 258 g/mol. The van der Waals surface area contributed by atoms with Gasteiger partial charge in [-0.1, -0.05) is 0 Å². The number of amides is 1. The van der Waals surface area contributed by atoms with E-state index < -0.39 is 11.7 Å². The zero-order valence-corrected chi connectivity index (χ0v) is 12.8. The van der Waals surface area contributed by atoms with E-state index in [1.54, 1.807) is 44.8 Å². The average molecular weight is 281 g/mol. The topological polar surface area (TPSA) is 73.2 Å². The highest BCUT2D eigenvalue weighted by molar-refractivity contribution is 5.96. The summed E-state index contributed by atoms with van der Waals surface area (Å²) in [7, 11) is 0. The molecule has 0 fully saturated rings. The first-order chi connectivity index (χ1) is 9.21. The van der Waals surface area contributed by atoms with Crippen molar-refractivity contribution in [3.8, 4) is 0 Å². The maximum absolute atomic E-state index is 12.0. The molecule has 1 atom stereocenters. The molecule has 0 aliphatic heterocycles. The quantitative estimate of drug-likeness (QED) is 0.841. The van der Waals surface area contributed by atoms with Crippen LogP contribution in [0.3, 0.4) is 0 Å². The van der Waals surface area contributed by atoms with Gasteiger partial charge in [0.05, 0.1) is 11.8 Å². The Labute approximate surface area is 119 Å². The largest absolute Gasteiger partial charge is 0.444 e. The molecule has 1 aromatic heterocycles. The summed E-state index contributed by atoms with van der Waals surface area (Å²) in [6, 6.07) is -0.290. The third-order valence-electron chi connectivity index (χ3n) is 2.53. The number of carbonyl (C=O) groups excluding carboxylic acids is 2. The molecule has 0 aliphatic carbocycles. The van der Waals surface area contributed by atoms with E-state index in [0.29, 0.717) is 5.56 Å².